The minimum Gasteiger partial charge on any atom is -0.342 e. The average Bonchev–Trinajstić information content (AvgIpc) is 3.10. The van der Waals surface area contributed by atoms with Crippen LogP contribution in [0.3, 0.4) is 0 Å². The standard InChI is InChI=1S/C36H47Cl2N7O4/c37-26-8-6-9-27(38)22-28(21-26)39-35(48)40-32(34(47)44-19-11-29(12-20-44)42-15-4-1-5-16-42)23-33(46)43-17-13-30(14-18-43)45-24-25-7-2-3-10-31(25)41-36(45)49/h2-3,7-8,10,21-22,29-30,32H,1,4-6,9,11-20,23-24H2,(H,41,49)(H2,39,40,48)/b26-8+,27-22+,28-21+/t32-/m0/s1. The molecular weight excluding hydrogens is 665 g/mol. The maximum atomic E-state index is 14.0. The molecule has 3 fully saturated rings. The molecule has 4 aliphatic heterocycles. The molecule has 0 spiro atoms. The number of rotatable bonds is 7. The minimum absolute atomic E-state index is 0.00209. The van der Waals surface area contributed by atoms with E-state index in [1.807, 2.05) is 35.2 Å². The normalized spacial score (nSPS) is 25.2. The molecule has 1 aromatic carbocycles. The third-order valence-corrected chi connectivity index (χ3v) is 10.9. The average molecular weight is 713 g/mol. The van der Waals surface area contributed by atoms with Crippen LogP contribution in [0.5, 0.6) is 0 Å². The van der Waals surface area contributed by atoms with Crippen molar-refractivity contribution in [2.75, 3.05) is 44.6 Å². The van der Waals surface area contributed by atoms with Gasteiger partial charge in [0, 0.05) is 66.3 Å². The minimum atomic E-state index is -1.04. The summed E-state index contributed by atoms with van der Waals surface area (Å²) in [5.41, 5.74) is 2.30. The van der Waals surface area contributed by atoms with E-state index in [4.69, 9.17) is 23.2 Å². The van der Waals surface area contributed by atoms with Crippen molar-refractivity contribution in [2.45, 2.75) is 88.9 Å². The molecule has 1 atom stereocenters. The first-order valence-electron chi connectivity index (χ1n) is 17.7. The van der Waals surface area contributed by atoms with Gasteiger partial charge in [-0.15, -0.1) is 0 Å². The third kappa shape index (κ3) is 9.18. The summed E-state index contributed by atoms with van der Waals surface area (Å²) < 4.78 is 0. The predicted octanol–water partition coefficient (Wildman–Crippen LogP) is 5.48. The molecule has 0 unspecified atom stereocenters. The predicted molar refractivity (Wildman–Crippen MR) is 191 cm³/mol. The van der Waals surface area contributed by atoms with E-state index in [9.17, 15) is 19.2 Å². The number of anilines is 1. The zero-order valence-electron chi connectivity index (χ0n) is 28.0. The molecule has 1 aliphatic carbocycles. The molecule has 1 aromatic rings. The number of urea groups is 2. The van der Waals surface area contributed by atoms with Gasteiger partial charge in [0.1, 0.15) is 6.04 Å². The van der Waals surface area contributed by atoms with E-state index in [1.165, 1.54) is 19.3 Å². The summed E-state index contributed by atoms with van der Waals surface area (Å²) in [4.78, 5) is 61.9. The van der Waals surface area contributed by atoms with Crippen LogP contribution in [-0.4, -0.2) is 101 Å². The van der Waals surface area contributed by atoms with Gasteiger partial charge < -0.3 is 35.6 Å². The van der Waals surface area contributed by atoms with E-state index < -0.39 is 12.1 Å². The highest BCUT2D eigenvalue weighted by Gasteiger charge is 2.36. The summed E-state index contributed by atoms with van der Waals surface area (Å²) in [6, 6.07) is 6.47. The van der Waals surface area contributed by atoms with Crippen LogP contribution in [0.25, 0.3) is 0 Å². The van der Waals surface area contributed by atoms with Crippen LogP contribution in [0.2, 0.25) is 0 Å². The van der Waals surface area contributed by atoms with Gasteiger partial charge in [0.15, 0.2) is 0 Å². The maximum absolute atomic E-state index is 14.0. The van der Waals surface area contributed by atoms with E-state index in [0.717, 1.165) is 37.2 Å². The molecule has 6 rings (SSSR count). The summed E-state index contributed by atoms with van der Waals surface area (Å²) in [5, 5.41) is 9.61. The van der Waals surface area contributed by atoms with Crippen molar-refractivity contribution in [1.29, 1.82) is 0 Å². The molecule has 13 heteroatoms. The lowest BCUT2D eigenvalue weighted by Gasteiger charge is -2.41. The second kappa shape index (κ2) is 16.4. The highest BCUT2D eigenvalue weighted by molar-refractivity contribution is 6.31. The van der Waals surface area contributed by atoms with Crippen molar-refractivity contribution in [2.24, 2.45) is 0 Å². The number of fused-ring (bicyclic) bond motifs is 1. The Morgan fingerprint density at radius 1 is 0.878 bits per heavy atom. The quantitative estimate of drug-likeness (QED) is 0.346. The van der Waals surface area contributed by atoms with Crippen LogP contribution < -0.4 is 16.0 Å². The maximum Gasteiger partial charge on any atom is 0.322 e. The number of halogens is 2. The number of nitrogens with one attached hydrogen (secondary N) is 3. The molecule has 0 radical (unpaired) electrons. The molecule has 11 nitrogen and oxygen atoms in total. The van der Waals surface area contributed by atoms with Gasteiger partial charge >= 0.3 is 12.1 Å². The van der Waals surface area contributed by atoms with Crippen LogP contribution in [0.15, 0.2) is 58.3 Å². The molecule has 264 valence electrons. The Morgan fingerprint density at radius 3 is 2.33 bits per heavy atom. The number of piperidine rings is 3. The molecule has 0 saturated carbocycles. The molecule has 0 aromatic heterocycles. The molecule has 0 bridgehead atoms. The van der Waals surface area contributed by atoms with Crippen molar-refractivity contribution in [3.63, 3.8) is 0 Å². The summed E-state index contributed by atoms with van der Waals surface area (Å²) in [6.07, 6.45) is 12.9. The van der Waals surface area contributed by atoms with Crippen LogP contribution in [0.1, 0.15) is 69.8 Å². The molecule has 49 heavy (non-hydrogen) atoms. The Morgan fingerprint density at radius 2 is 1.57 bits per heavy atom. The Labute approximate surface area is 298 Å². The van der Waals surface area contributed by atoms with Crippen LogP contribution >= 0.6 is 23.2 Å². The summed E-state index contributed by atoms with van der Waals surface area (Å²) in [5.74, 6) is -0.454. The van der Waals surface area contributed by atoms with Crippen molar-refractivity contribution in [3.05, 3.63) is 63.8 Å². The van der Waals surface area contributed by atoms with Gasteiger partial charge in [0.2, 0.25) is 11.8 Å². The Kier molecular flexibility index (Phi) is 11.8. The van der Waals surface area contributed by atoms with Gasteiger partial charge in [0.05, 0.1) is 6.42 Å². The van der Waals surface area contributed by atoms with Gasteiger partial charge in [-0.05, 0) is 88.2 Å². The summed E-state index contributed by atoms with van der Waals surface area (Å²) in [7, 11) is 0. The van der Waals surface area contributed by atoms with Crippen LogP contribution in [0.4, 0.5) is 15.3 Å². The zero-order valence-corrected chi connectivity index (χ0v) is 29.5. The number of nitrogens with zero attached hydrogens (tertiary/aromatic N) is 4. The fourth-order valence-corrected chi connectivity index (χ4v) is 8.09. The number of carbonyl (C=O) groups excluding carboxylic acids is 4. The van der Waals surface area contributed by atoms with Gasteiger partial charge in [0.25, 0.3) is 0 Å². The SMILES string of the molecule is O=C(NC1=C/C(Cl)=C\CC/C(Cl)=C\1)N[C@@H](CC(=O)N1CCC(N2Cc3ccccc3NC2=O)CC1)C(=O)N1CCC(N2CCCCC2)CC1. The van der Waals surface area contributed by atoms with E-state index >= 15 is 0 Å². The number of hydrogen-bond acceptors (Lipinski definition) is 5. The Hall–Kier alpha value is -3.54. The second-order valence-corrected chi connectivity index (χ2v) is 14.6. The third-order valence-electron chi connectivity index (χ3n) is 10.4. The van der Waals surface area contributed by atoms with Gasteiger partial charge in [-0.2, -0.15) is 0 Å². The fourth-order valence-electron chi connectivity index (χ4n) is 7.64. The van der Waals surface area contributed by atoms with Crippen molar-refractivity contribution in [3.8, 4) is 0 Å². The first-order valence-corrected chi connectivity index (χ1v) is 18.5. The molecule has 3 N–H and O–H groups in total. The number of carbonyl (C=O) groups is 4. The molecule has 5 aliphatic rings. The first kappa shape index (κ1) is 35.3. The first-order chi connectivity index (χ1) is 23.7. The molecule has 4 heterocycles. The topological polar surface area (TPSA) is 117 Å². The number of amides is 6. The fraction of sp³-hybridized carbons (Fsp3) is 0.556. The number of benzene rings is 1. The molecule has 3 saturated heterocycles. The van der Waals surface area contributed by atoms with E-state index in [1.54, 1.807) is 22.0 Å². The van der Waals surface area contributed by atoms with Crippen molar-refractivity contribution >= 4 is 52.8 Å². The number of allylic oxidation sites excluding steroid dienone is 5. The summed E-state index contributed by atoms with van der Waals surface area (Å²) in [6.45, 7) is 4.85. The van der Waals surface area contributed by atoms with E-state index in [0.29, 0.717) is 80.2 Å². The van der Waals surface area contributed by atoms with Crippen LogP contribution in [-0.2, 0) is 16.1 Å². The smallest absolute Gasteiger partial charge is 0.322 e. The number of hydrogen-bond donors (Lipinski definition) is 3. The molecular formula is C36H47Cl2N7O4. The van der Waals surface area contributed by atoms with E-state index in [-0.39, 0.29) is 30.3 Å². The lowest BCUT2D eigenvalue weighted by Crippen LogP contribution is -2.56. The summed E-state index contributed by atoms with van der Waals surface area (Å²) >= 11 is 12.6. The van der Waals surface area contributed by atoms with Gasteiger partial charge in [-0.25, -0.2) is 9.59 Å². The zero-order chi connectivity index (χ0) is 34.3. The van der Waals surface area contributed by atoms with Crippen molar-refractivity contribution < 1.29 is 19.2 Å². The number of para-hydroxylation sites is 1. The van der Waals surface area contributed by atoms with Gasteiger partial charge in [-0.3, -0.25) is 9.59 Å². The second-order valence-electron chi connectivity index (χ2n) is 13.7. The van der Waals surface area contributed by atoms with Gasteiger partial charge in [-0.1, -0.05) is 53.9 Å². The van der Waals surface area contributed by atoms with E-state index in [2.05, 4.69) is 20.9 Å². The largest absolute Gasteiger partial charge is 0.342 e. The number of likely N-dealkylation sites (tertiary alicyclic amines) is 3. The van der Waals surface area contributed by atoms with Crippen LogP contribution in [0, 0.1) is 0 Å². The Balaban J connectivity index is 1.09. The highest BCUT2D eigenvalue weighted by atomic mass is 35.5. The lowest BCUT2D eigenvalue weighted by molar-refractivity contribution is -0.140. The monoisotopic (exact) mass is 711 g/mol. The van der Waals surface area contributed by atoms with Crippen molar-refractivity contribution in [1.82, 2.24) is 30.2 Å². The lowest BCUT2D eigenvalue weighted by atomic mass is 9.98. The Bertz CT molecular complexity index is 1490. The molecule has 6 amide bonds. The highest BCUT2D eigenvalue weighted by Crippen LogP contribution is 2.28.